The molecule has 2 bridgehead atoms. The van der Waals surface area contributed by atoms with Crippen molar-refractivity contribution in [2.75, 3.05) is 6.54 Å². The van der Waals surface area contributed by atoms with Crippen molar-refractivity contribution in [2.24, 2.45) is 17.8 Å². The maximum atomic E-state index is 12.5. The molecule has 0 aliphatic heterocycles. The third-order valence-corrected chi connectivity index (χ3v) is 6.87. The van der Waals surface area contributed by atoms with Crippen LogP contribution in [0.5, 0.6) is 0 Å². The molecule has 4 heteroatoms. The molecule has 3 nitrogen and oxygen atoms in total. The Morgan fingerprint density at radius 3 is 2.55 bits per heavy atom. The molecule has 2 fully saturated rings. The summed E-state index contributed by atoms with van der Waals surface area (Å²) in [4.78, 5) is 0.370. The minimum absolute atomic E-state index is 0.370. The molecule has 2 aromatic rings. The van der Waals surface area contributed by atoms with Crippen molar-refractivity contribution in [1.82, 2.24) is 4.72 Å². The molecular formula is C18H21NO2S. The number of benzene rings is 2. The van der Waals surface area contributed by atoms with Crippen molar-refractivity contribution in [3.8, 4) is 0 Å². The average molecular weight is 315 g/mol. The lowest BCUT2D eigenvalue weighted by Crippen LogP contribution is -2.31. The molecule has 2 aromatic carbocycles. The van der Waals surface area contributed by atoms with Crippen LogP contribution in [-0.4, -0.2) is 15.0 Å². The summed E-state index contributed by atoms with van der Waals surface area (Å²) in [5.74, 6) is 2.12. The first kappa shape index (κ1) is 14.2. The molecule has 22 heavy (non-hydrogen) atoms. The lowest BCUT2D eigenvalue weighted by Gasteiger charge is -2.21. The van der Waals surface area contributed by atoms with E-state index < -0.39 is 10.0 Å². The van der Waals surface area contributed by atoms with Crippen molar-refractivity contribution >= 4 is 20.8 Å². The summed E-state index contributed by atoms with van der Waals surface area (Å²) in [6.07, 6.45) is 5.14. The Balaban J connectivity index is 1.52. The van der Waals surface area contributed by atoms with Gasteiger partial charge in [0.2, 0.25) is 10.0 Å². The van der Waals surface area contributed by atoms with Crippen LogP contribution >= 0.6 is 0 Å². The van der Waals surface area contributed by atoms with Gasteiger partial charge in [0.05, 0.1) is 4.90 Å². The van der Waals surface area contributed by atoms with Gasteiger partial charge in [-0.25, -0.2) is 13.1 Å². The van der Waals surface area contributed by atoms with E-state index in [0.717, 1.165) is 22.6 Å². The van der Waals surface area contributed by atoms with Gasteiger partial charge in [-0.2, -0.15) is 0 Å². The summed E-state index contributed by atoms with van der Waals surface area (Å²) in [5.41, 5.74) is 0. The van der Waals surface area contributed by atoms with Gasteiger partial charge in [0.25, 0.3) is 0 Å². The van der Waals surface area contributed by atoms with Crippen molar-refractivity contribution in [3.63, 3.8) is 0 Å². The molecule has 3 atom stereocenters. The fraction of sp³-hybridized carbons (Fsp3) is 0.444. The van der Waals surface area contributed by atoms with Gasteiger partial charge in [-0.3, -0.25) is 0 Å². The first-order valence-corrected chi connectivity index (χ1v) is 9.58. The first-order chi connectivity index (χ1) is 10.6. The second-order valence-electron chi connectivity index (χ2n) is 6.80. The second kappa shape index (κ2) is 5.36. The largest absolute Gasteiger partial charge is 0.240 e. The quantitative estimate of drug-likeness (QED) is 0.938. The zero-order chi connectivity index (χ0) is 15.2. The maximum Gasteiger partial charge on any atom is 0.240 e. The fourth-order valence-corrected chi connectivity index (χ4v) is 5.39. The van der Waals surface area contributed by atoms with E-state index in [2.05, 4.69) is 4.72 Å². The van der Waals surface area contributed by atoms with Gasteiger partial charge in [-0.15, -0.1) is 0 Å². The molecule has 0 saturated heterocycles. The summed E-state index contributed by atoms with van der Waals surface area (Å²) in [6, 6.07) is 13.2. The van der Waals surface area contributed by atoms with Crippen LogP contribution in [0.2, 0.25) is 0 Å². The summed E-state index contributed by atoms with van der Waals surface area (Å²) in [5, 5.41) is 2.03. The lowest BCUT2D eigenvalue weighted by atomic mass is 9.89. The molecule has 0 radical (unpaired) electrons. The van der Waals surface area contributed by atoms with Gasteiger partial charge in [0.1, 0.15) is 0 Å². The molecule has 4 rings (SSSR count). The topological polar surface area (TPSA) is 46.2 Å². The average Bonchev–Trinajstić information content (AvgIpc) is 3.15. The molecule has 2 aliphatic rings. The SMILES string of the molecule is O=S(=O)(NC[C@H]1C[C@H]2CC[C@@H]1C2)c1ccc2ccccc2c1. The van der Waals surface area contributed by atoms with E-state index in [-0.39, 0.29) is 0 Å². The van der Waals surface area contributed by atoms with Gasteiger partial charge < -0.3 is 0 Å². The van der Waals surface area contributed by atoms with E-state index in [1.54, 1.807) is 12.1 Å². The maximum absolute atomic E-state index is 12.5. The molecule has 2 saturated carbocycles. The summed E-state index contributed by atoms with van der Waals surface area (Å²) in [7, 11) is -3.41. The summed E-state index contributed by atoms with van der Waals surface area (Å²) >= 11 is 0. The fourth-order valence-electron chi connectivity index (χ4n) is 4.26. The van der Waals surface area contributed by atoms with E-state index in [9.17, 15) is 8.42 Å². The standard InChI is InChI=1S/C18H21NO2S/c20-22(21,19-12-17-10-13-5-6-16(17)9-13)18-8-7-14-3-1-2-4-15(14)11-18/h1-4,7-8,11,13,16-17,19H,5-6,9-10,12H2/t13-,16+,17+/m0/s1. The Morgan fingerprint density at radius 2 is 1.82 bits per heavy atom. The van der Waals surface area contributed by atoms with Gasteiger partial charge in [-0.1, -0.05) is 36.8 Å². The van der Waals surface area contributed by atoms with Crippen molar-refractivity contribution in [3.05, 3.63) is 42.5 Å². The van der Waals surface area contributed by atoms with Crippen LogP contribution in [-0.2, 0) is 10.0 Å². The normalized spacial score (nSPS) is 27.5. The molecule has 0 aromatic heterocycles. The predicted molar refractivity (Wildman–Crippen MR) is 88.1 cm³/mol. The third-order valence-electron chi connectivity index (χ3n) is 5.45. The molecule has 116 valence electrons. The number of hydrogen-bond acceptors (Lipinski definition) is 2. The molecular weight excluding hydrogens is 294 g/mol. The number of sulfonamides is 1. The molecule has 0 heterocycles. The Labute approximate surface area is 131 Å². The van der Waals surface area contributed by atoms with E-state index in [1.165, 1.54) is 25.7 Å². The van der Waals surface area contributed by atoms with Crippen LogP contribution in [0.1, 0.15) is 25.7 Å². The highest BCUT2D eigenvalue weighted by Crippen LogP contribution is 2.48. The minimum Gasteiger partial charge on any atom is -0.211 e. The third kappa shape index (κ3) is 2.55. The number of rotatable bonds is 4. The van der Waals surface area contributed by atoms with Crippen molar-refractivity contribution < 1.29 is 8.42 Å². The Hall–Kier alpha value is -1.39. The predicted octanol–water partition coefficient (Wildman–Crippen LogP) is 3.55. The van der Waals surface area contributed by atoms with Crippen molar-refractivity contribution in [2.45, 2.75) is 30.6 Å². The molecule has 2 aliphatic carbocycles. The number of hydrogen-bond donors (Lipinski definition) is 1. The van der Waals surface area contributed by atoms with Crippen LogP contribution in [0, 0.1) is 17.8 Å². The van der Waals surface area contributed by atoms with Gasteiger partial charge in [0.15, 0.2) is 0 Å². The molecule has 0 unspecified atom stereocenters. The Kier molecular flexibility index (Phi) is 3.46. The summed E-state index contributed by atoms with van der Waals surface area (Å²) < 4.78 is 27.9. The Bertz CT molecular complexity index is 800. The number of nitrogens with one attached hydrogen (secondary N) is 1. The highest BCUT2D eigenvalue weighted by molar-refractivity contribution is 7.89. The first-order valence-electron chi connectivity index (χ1n) is 8.10. The van der Waals surface area contributed by atoms with Crippen LogP contribution in [0.15, 0.2) is 47.4 Å². The Morgan fingerprint density at radius 1 is 1.00 bits per heavy atom. The zero-order valence-electron chi connectivity index (χ0n) is 12.5. The van der Waals surface area contributed by atoms with E-state index in [1.807, 2.05) is 30.3 Å². The van der Waals surface area contributed by atoms with Crippen LogP contribution in [0.25, 0.3) is 10.8 Å². The van der Waals surface area contributed by atoms with Crippen LogP contribution in [0.3, 0.4) is 0 Å². The van der Waals surface area contributed by atoms with Gasteiger partial charge in [0, 0.05) is 6.54 Å². The van der Waals surface area contributed by atoms with E-state index in [4.69, 9.17) is 0 Å². The van der Waals surface area contributed by atoms with Gasteiger partial charge >= 0.3 is 0 Å². The smallest absolute Gasteiger partial charge is 0.211 e. The minimum atomic E-state index is -3.41. The monoisotopic (exact) mass is 315 g/mol. The highest BCUT2D eigenvalue weighted by Gasteiger charge is 2.39. The highest BCUT2D eigenvalue weighted by atomic mass is 32.2. The number of fused-ring (bicyclic) bond motifs is 3. The van der Waals surface area contributed by atoms with Gasteiger partial charge in [-0.05, 0) is 59.9 Å². The summed E-state index contributed by atoms with van der Waals surface area (Å²) in [6.45, 7) is 0.594. The van der Waals surface area contributed by atoms with Crippen LogP contribution in [0.4, 0.5) is 0 Å². The second-order valence-corrected chi connectivity index (χ2v) is 8.56. The van der Waals surface area contributed by atoms with E-state index in [0.29, 0.717) is 17.4 Å². The molecule has 1 N–H and O–H groups in total. The molecule has 0 amide bonds. The van der Waals surface area contributed by atoms with Crippen molar-refractivity contribution in [1.29, 1.82) is 0 Å². The lowest BCUT2D eigenvalue weighted by molar-refractivity contribution is 0.333. The van der Waals surface area contributed by atoms with Crippen LogP contribution < -0.4 is 4.72 Å². The zero-order valence-corrected chi connectivity index (χ0v) is 13.4. The molecule has 0 spiro atoms. The van der Waals surface area contributed by atoms with E-state index >= 15 is 0 Å².